The van der Waals surface area contributed by atoms with Gasteiger partial charge in [-0.05, 0) is 6.42 Å². The van der Waals surface area contributed by atoms with Crippen LogP contribution in [0.4, 0.5) is 0 Å². The Bertz CT molecular complexity index is 165. The molecular weight excluding hydrogens is 128 g/mol. The van der Waals surface area contributed by atoms with E-state index >= 15 is 0 Å². The Labute approximate surface area is 60.9 Å². The van der Waals surface area contributed by atoms with Gasteiger partial charge in [-0.1, -0.05) is 6.08 Å². The van der Waals surface area contributed by atoms with Crippen LogP contribution in [0.1, 0.15) is 12.8 Å². The number of carbonyl (C=O) groups is 1. The molecule has 0 unspecified atom stereocenters. The molecule has 10 heavy (non-hydrogen) atoms. The first-order valence-corrected chi connectivity index (χ1v) is 3.38. The number of hydrazine groups is 1. The Balaban J connectivity index is 2.66. The average molecular weight is 140 g/mol. The van der Waals surface area contributed by atoms with Gasteiger partial charge in [-0.3, -0.25) is 14.8 Å². The maximum absolute atomic E-state index is 11.1. The number of hydrogen-bond donors (Lipinski definition) is 0. The molecule has 0 bridgehead atoms. The minimum Gasteiger partial charge on any atom is -0.294 e. The number of allylic oxidation sites excluding steroid dienone is 1. The van der Waals surface area contributed by atoms with E-state index < -0.39 is 0 Å². The standard InChI is InChI=1S/C7H12N2O/c1-8-6-4-3-5-7(10)9(8)2/h4,6H,3,5H2,1-2H3. The van der Waals surface area contributed by atoms with Gasteiger partial charge in [0, 0.05) is 26.7 Å². The van der Waals surface area contributed by atoms with Gasteiger partial charge in [0.25, 0.3) is 0 Å². The van der Waals surface area contributed by atoms with Crippen molar-refractivity contribution in [2.45, 2.75) is 12.8 Å². The van der Waals surface area contributed by atoms with Crippen molar-refractivity contribution in [3.05, 3.63) is 12.3 Å². The van der Waals surface area contributed by atoms with Crippen LogP contribution in [0.25, 0.3) is 0 Å². The minimum atomic E-state index is 0.174. The molecule has 0 aliphatic carbocycles. The number of amides is 1. The topological polar surface area (TPSA) is 23.6 Å². The summed E-state index contributed by atoms with van der Waals surface area (Å²) in [7, 11) is 3.64. The Hall–Kier alpha value is -0.990. The number of nitrogens with zero attached hydrogens (tertiary/aromatic N) is 2. The smallest absolute Gasteiger partial charge is 0.241 e. The van der Waals surface area contributed by atoms with E-state index in [1.807, 2.05) is 19.3 Å². The summed E-state index contributed by atoms with van der Waals surface area (Å²) in [6, 6.07) is 0. The molecule has 0 aromatic rings. The summed E-state index contributed by atoms with van der Waals surface area (Å²) in [6.07, 6.45) is 5.39. The van der Waals surface area contributed by atoms with Gasteiger partial charge >= 0.3 is 0 Å². The van der Waals surface area contributed by atoms with Gasteiger partial charge in [0.1, 0.15) is 0 Å². The largest absolute Gasteiger partial charge is 0.294 e. The second-order valence-electron chi connectivity index (χ2n) is 2.41. The maximum atomic E-state index is 11.1. The second-order valence-corrected chi connectivity index (χ2v) is 2.41. The second kappa shape index (κ2) is 2.73. The summed E-state index contributed by atoms with van der Waals surface area (Å²) < 4.78 is 0. The Kier molecular flexibility index (Phi) is 1.94. The van der Waals surface area contributed by atoms with E-state index in [1.165, 1.54) is 0 Å². The number of rotatable bonds is 0. The van der Waals surface area contributed by atoms with Crippen molar-refractivity contribution in [1.82, 2.24) is 10.0 Å². The molecule has 0 saturated heterocycles. The lowest BCUT2D eigenvalue weighted by molar-refractivity contribution is -0.139. The molecule has 0 N–H and O–H groups in total. The zero-order valence-electron chi connectivity index (χ0n) is 6.37. The van der Waals surface area contributed by atoms with Gasteiger partial charge in [0.15, 0.2) is 0 Å². The predicted molar refractivity (Wildman–Crippen MR) is 38.9 cm³/mol. The normalized spacial score (nSPS) is 19.6. The van der Waals surface area contributed by atoms with Crippen molar-refractivity contribution in [3.63, 3.8) is 0 Å². The van der Waals surface area contributed by atoms with Crippen LogP contribution in [-0.4, -0.2) is 30.0 Å². The minimum absolute atomic E-state index is 0.174. The summed E-state index contributed by atoms with van der Waals surface area (Å²) in [5.41, 5.74) is 0. The molecule has 0 radical (unpaired) electrons. The molecule has 0 saturated carbocycles. The van der Waals surface area contributed by atoms with E-state index in [9.17, 15) is 4.79 Å². The SMILES string of the molecule is CN1C=CCCC(=O)N1C. The van der Waals surface area contributed by atoms with Crippen LogP contribution in [0.5, 0.6) is 0 Å². The first-order chi connectivity index (χ1) is 4.72. The number of carbonyl (C=O) groups excluding carboxylic acids is 1. The third-order valence-corrected chi connectivity index (χ3v) is 1.68. The van der Waals surface area contributed by atoms with Gasteiger partial charge in [0.2, 0.25) is 5.91 Å². The highest BCUT2D eigenvalue weighted by molar-refractivity contribution is 5.75. The van der Waals surface area contributed by atoms with Gasteiger partial charge < -0.3 is 0 Å². The Morgan fingerprint density at radius 2 is 2.20 bits per heavy atom. The van der Waals surface area contributed by atoms with Crippen LogP contribution in [0.2, 0.25) is 0 Å². The van der Waals surface area contributed by atoms with Crippen molar-refractivity contribution in [3.8, 4) is 0 Å². The van der Waals surface area contributed by atoms with Crippen molar-refractivity contribution < 1.29 is 4.79 Å². The molecule has 3 heteroatoms. The van der Waals surface area contributed by atoms with E-state index in [1.54, 1.807) is 17.1 Å². The molecule has 1 aliphatic rings. The van der Waals surface area contributed by atoms with Crippen LogP contribution in [0.15, 0.2) is 12.3 Å². The summed E-state index contributed by atoms with van der Waals surface area (Å²) in [4.78, 5) is 11.1. The molecule has 3 nitrogen and oxygen atoms in total. The first kappa shape index (κ1) is 7.12. The van der Waals surface area contributed by atoms with Gasteiger partial charge in [-0.2, -0.15) is 0 Å². The van der Waals surface area contributed by atoms with Crippen molar-refractivity contribution >= 4 is 5.91 Å². The fourth-order valence-corrected chi connectivity index (χ4v) is 0.872. The summed E-state index contributed by atoms with van der Waals surface area (Å²) in [5.74, 6) is 0.174. The Morgan fingerprint density at radius 1 is 1.50 bits per heavy atom. The summed E-state index contributed by atoms with van der Waals surface area (Å²) in [5, 5.41) is 3.40. The van der Waals surface area contributed by atoms with E-state index in [0.29, 0.717) is 6.42 Å². The summed E-state index contributed by atoms with van der Waals surface area (Å²) in [6.45, 7) is 0. The quantitative estimate of drug-likeness (QED) is 0.492. The van der Waals surface area contributed by atoms with Crippen LogP contribution in [0.3, 0.4) is 0 Å². The Morgan fingerprint density at radius 3 is 2.90 bits per heavy atom. The third-order valence-electron chi connectivity index (χ3n) is 1.68. The molecule has 0 atom stereocenters. The van der Waals surface area contributed by atoms with Crippen LogP contribution in [0, 0.1) is 0 Å². The summed E-state index contributed by atoms with van der Waals surface area (Å²) >= 11 is 0. The van der Waals surface area contributed by atoms with Crippen molar-refractivity contribution in [1.29, 1.82) is 0 Å². The van der Waals surface area contributed by atoms with E-state index in [-0.39, 0.29) is 5.91 Å². The third kappa shape index (κ3) is 1.29. The molecule has 0 aromatic carbocycles. The molecule has 1 rings (SSSR count). The highest BCUT2D eigenvalue weighted by Crippen LogP contribution is 2.05. The molecule has 56 valence electrons. The zero-order chi connectivity index (χ0) is 7.56. The lowest BCUT2D eigenvalue weighted by Gasteiger charge is -2.24. The highest BCUT2D eigenvalue weighted by Gasteiger charge is 2.11. The van der Waals surface area contributed by atoms with Crippen LogP contribution >= 0.6 is 0 Å². The molecule has 1 amide bonds. The van der Waals surface area contributed by atoms with Gasteiger partial charge in [-0.15, -0.1) is 0 Å². The average Bonchev–Trinajstić information content (AvgIpc) is 2.04. The van der Waals surface area contributed by atoms with Gasteiger partial charge in [0.05, 0.1) is 0 Å². The highest BCUT2D eigenvalue weighted by atomic mass is 16.2. The fourth-order valence-electron chi connectivity index (χ4n) is 0.872. The molecule has 0 spiro atoms. The zero-order valence-corrected chi connectivity index (χ0v) is 6.37. The molecular formula is C7H12N2O. The first-order valence-electron chi connectivity index (χ1n) is 3.38. The maximum Gasteiger partial charge on any atom is 0.241 e. The number of hydrogen-bond acceptors (Lipinski definition) is 2. The van der Waals surface area contributed by atoms with Crippen LogP contribution in [-0.2, 0) is 4.79 Å². The molecule has 1 aliphatic heterocycles. The van der Waals surface area contributed by atoms with E-state index in [2.05, 4.69) is 0 Å². The lowest BCUT2D eigenvalue weighted by atomic mass is 10.3. The lowest BCUT2D eigenvalue weighted by Crippen LogP contribution is -2.36. The molecule has 1 heterocycles. The van der Waals surface area contributed by atoms with E-state index in [0.717, 1.165) is 6.42 Å². The molecule has 0 aromatic heterocycles. The van der Waals surface area contributed by atoms with Crippen molar-refractivity contribution in [2.75, 3.05) is 14.1 Å². The van der Waals surface area contributed by atoms with Gasteiger partial charge in [-0.25, -0.2) is 0 Å². The van der Waals surface area contributed by atoms with Crippen LogP contribution < -0.4 is 0 Å². The fraction of sp³-hybridized carbons (Fsp3) is 0.571. The monoisotopic (exact) mass is 140 g/mol. The van der Waals surface area contributed by atoms with Crippen molar-refractivity contribution in [2.24, 2.45) is 0 Å². The predicted octanol–water partition coefficient (Wildman–Crippen LogP) is 0.599. The van der Waals surface area contributed by atoms with E-state index in [4.69, 9.17) is 0 Å². The molecule has 0 fully saturated rings.